The Bertz CT molecular complexity index is 797. The molecule has 6 nitrogen and oxygen atoms in total. The minimum atomic E-state index is -0.355. The SMILES string of the molecule is Cl.NC(CC(=O)N1CCN(C(=O)COc2ccc(F)cc2)CC1)c1ccccc1. The zero-order chi connectivity index (χ0) is 19.9. The lowest BCUT2D eigenvalue weighted by molar-refractivity contribution is -0.140. The highest BCUT2D eigenvalue weighted by atomic mass is 35.5. The van der Waals surface area contributed by atoms with Crippen LogP contribution >= 0.6 is 12.4 Å². The molecule has 1 heterocycles. The molecule has 1 aliphatic heterocycles. The number of ether oxygens (including phenoxy) is 1. The molecule has 0 aromatic heterocycles. The molecular weight excluding hydrogens is 397 g/mol. The van der Waals surface area contributed by atoms with Crippen molar-refractivity contribution in [3.05, 3.63) is 66.0 Å². The smallest absolute Gasteiger partial charge is 0.260 e. The van der Waals surface area contributed by atoms with E-state index in [0.29, 0.717) is 31.9 Å². The predicted octanol–water partition coefficient (Wildman–Crippen LogP) is 2.39. The number of halogens is 2. The molecule has 8 heteroatoms. The number of amides is 2. The molecule has 2 aromatic carbocycles. The van der Waals surface area contributed by atoms with Gasteiger partial charge in [0.25, 0.3) is 5.91 Å². The Labute approximate surface area is 175 Å². The second-order valence-electron chi connectivity index (χ2n) is 6.73. The molecule has 1 aliphatic rings. The van der Waals surface area contributed by atoms with Gasteiger partial charge >= 0.3 is 0 Å². The lowest BCUT2D eigenvalue weighted by Gasteiger charge is -2.35. The maximum Gasteiger partial charge on any atom is 0.260 e. The molecular formula is C21H25ClFN3O3. The summed E-state index contributed by atoms with van der Waals surface area (Å²) in [6.07, 6.45) is 0.242. The summed E-state index contributed by atoms with van der Waals surface area (Å²) in [6.45, 7) is 1.75. The first-order valence-electron chi connectivity index (χ1n) is 9.27. The Balaban J connectivity index is 0.00000300. The Kier molecular flexibility index (Phi) is 8.42. The second-order valence-corrected chi connectivity index (χ2v) is 6.73. The predicted molar refractivity (Wildman–Crippen MR) is 110 cm³/mol. The van der Waals surface area contributed by atoms with Crippen molar-refractivity contribution in [3.8, 4) is 5.75 Å². The zero-order valence-electron chi connectivity index (χ0n) is 16.0. The van der Waals surface area contributed by atoms with Gasteiger partial charge in [0.15, 0.2) is 6.61 Å². The van der Waals surface area contributed by atoms with Gasteiger partial charge in [-0.1, -0.05) is 30.3 Å². The van der Waals surface area contributed by atoms with E-state index >= 15 is 0 Å². The van der Waals surface area contributed by atoms with Crippen LogP contribution in [0.25, 0.3) is 0 Å². The van der Waals surface area contributed by atoms with E-state index in [4.69, 9.17) is 10.5 Å². The number of nitrogens with two attached hydrogens (primary N) is 1. The molecule has 3 rings (SSSR count). The molecule has 0 saturated carbocycles. The van der Waals surface area contributed by atoms with Gasteiger partial charge in [-0.25, -0.2) is 4.39 Å². The minimum Gasteiger partial charge on any atom is -0.484 e. The molecule has 0 radical (unpaired) electrons. The molecule has 1 fully saturated rings. The fourth-order valence-electron chi connectivity index (χ4n) is 3.11. The van der Waals surface area contributed by atoms with Crippen LogP contribution in [0.2, 0.25) is 0 Å². The topological polar surface area (TPSA) is 75.9 Å². The molecule has 2 amide bonds. The fourth-order valence-corrected chi connectivity index (χ4v) is 3.11. The standard InChI is InChI=1S/C21H24FN3O3.ClH/c22-17-6-8-18(9-7-17)28-15-21(27)25-12-10-24(11-13-25)20(26)14-19(23)16-4-2-1-3-5-16;/h1-9,19H,10-15,23H2;1H. The molecule has 0 bridgehead atoms. The normalized spacial score (nSPS) is 14.7. The number of piperazine rings is 1. The van der Waals surface area contributed by atoms with Crippen molar-refractivity contribution in [2.45, 2.75) is 12.5 Å². The number of hydrogen-bond donors (Lipinski definition) is 1. The van der Waals surface area contributed by atoms with E-state index in [0.717, 1.165) is 5.56 Å². The quantitative estimate of drug-likeness (QED) is 0.777. The number of rotatable bonds is 6. The van der Waals surface area contributed by atoms with Crippen molar-refractivity contribution in [3.63, 3.8) is 0 Å². The van der Waals surface area contributed by atoms with E-state index in [1.54, 1.807) is 9.80 Å². The molecule has 1 unspecified atom stereocenters. The highest BCUT2D eigenvalue weighted by Crippen LogP contribution is 2.16. The molecule has 0 spiro atoms. The number of benzene rings is 2. The lowest BCUT2D eigenvalue weighted by Crippen LogP contribution is -2.52. The summed E-state index contributed by atoms with van der Waals surface area (Å²) in [4.78, 5) is 28.2. The van der Waals surface area contributed by atoms with Crippen LogP contribution in [0.1, 0.15) is 18.0 Å². The average Bonchev–Trinajstić information content (AvgIpc) is 2.73. The van der Waals surface area contributed by atoms with Crippen LogP contribution in [0.4, 0.5) is 4.39 Å². The summed E-state index contributed by atoms with van der Waals surface area (Å²) in [5.74, 6) is -0.0756. The second kappa shape index (κ2) is 10.8. The van der Waals surface area contributed by atoms with Crippen LogP contribution in [0.3, 0.4) is 0 Å². The van der Waals surface area contributed by atoms with E-state index in [2.05, 4.69) is 0 Å². The van der Waals surface area contributed by atoms with Gasteiger partial charge in [-0.3, -0.25) is 9.59 Å². The number of hydrogen-bond acceptors (Lipinski definition) is 4. The van der Waals surface area contributed by atoms with Crippen molar-refractivity contribution >= 4 is 24.2 Å². The Hall–Kier alpha value is -2.64. The number of carbonyl (C=O) groups excluding carboxylic acids is 2. The largest absolute Gasteiger partial charge is 0.484 e. The van der Waals surface area contributed by atoms with Gasteiger partial charge in [-0.2, -0.15) is 0 Å². The Morgan fingerprint density at radius 1 is 0.931 bits per heavy atom. The van der Waals surface area contributed by atoms with Gasteiger partial charge in [0.2, 0.25) is 5.91 Å². The Morgan fingerprint density at radius 3 is 2.07 bits per heavy atom. The van der Waals surface area contributed by atoms with E-state index in [1.807, 2.05) is 30.3 Å². The first kappa shape index (κ1) is 22.6. The average molecular weight is 422 g/mol. The van der Waals surface area contributed by atoms with E-state index < -0.39 is 0 Å². The minimum absolute atomic E-state index is 0. The third-order valence-electron chi connectivity index (χ3n) is 4.78. The monoisotopic (exact) mass is 421 g/mol. The molecule has 2 N–H and O–H groups in total. The molecule has 1 atom stereocenters. The van der Waals surface area contributed by atoms with Gasteiger partial charge < -0.3 is 20.3 Å². The lowest BCUT2D eigenvalue weighted by atomic mass is 10.0. The Morgan fingerprint density at radius 2 is 1.48 bits per heavy atom. The molecule has 2 aromatic rings. The third kappa shape index (κ3) is 6.44. The van der Waals surface area contributed by atoms with Gasteiger partial charge in [0.1, 0.15) is 11.6 Å². The van der Waals surface area contributed by atoms with Gasteiger partial charge in [0.05, 0.1) is 0 Å². The first-order valence-corrected chi connectivity index (χ1v) is 9.27. The van der Waals surface area contributed by atoms with Crippen LogP contribution in [0.5, 0.6) is 5.75 Å². The maximum atomic E-state index is 12.9. The van der Waals surface area contributed by atoms with Crippen molar-refractivity contribution < 1.29 is 18.7 Å². The van der Waals surface area contributed by atoms with Crippen LogP contribution in [-0.4, -0.2) is 54.4 Å². The molecule has 29 heavy (non-hydrogen) atoms. The van der Waals surface area contributed by atoms with Crippen molar-refractivity contribution in [2.75, 3.05) is 32.8 Å². The van der Waals surface area contributed by atoms with Crippen molar-refractivity contribution in [2.24, 2.45) is 5.73 Å². The van der Waals surface area contributed by atoms with Gasteiger partial charge in [-0.15, -0.1) is 12.4 Å². The highest BCUT2D eigenvalue weighted by Gasteiger charge is 2.25. The molecule has 1 saturated heterocycles. The summed E-state index contributed by atoms with van der Waals surface area (Å²) in [7, 11) is 0. The van der Waals surface area contributed by atoms with Gasteiger partial charge in [-0.05, 0) is 29.8 Å². The van der Waals surface area contributed by atoms with Crippen LogP contribution in [0.15, 0.2) is 54.6 Å². The summed E-state index contributed by atoms with van der Waals surface area (Å²) < 4.78 is 18.3. The fraction of sp³-hybridized carbons (Fsp3) is 0.333. The van der Waals surface area contributed by atoms with Crippen molar-refractivity contribution in [1.29, 1.82) is 0 Å². The van der Waals surface area contributed by atoms with Crippen molar-refractivity contribution in [1.82, 2.24) is 9.80 Å². The first-order chi connectivity index (χ1) is 13.5. The summed E-state index contributed by atoms with van der Waals surface area (Å²) in [5, 5.41) is 0. The van der Waals surface area contributed by atoms with Gasteiger partial charge in [0, 0.05) is 38.6 Å². The number of carbonyl (C=O) groups is 2. The number of nitrogens with zero attached hydrogens (tertiary/aromatic N) is 2. The van der Waals surface area contributed by atoms with E-state index in [9.17, 15) is 14.0 Å². The molecule has 0 aliphatic carbocycles. The van der Waals surface area contributed by atoms with E-state index in [1.165, 1.54) is 24.3 Å². The summed E-state index contributed by atoms with van der Waals surface area (Å²) >= 11 is 0. The molecule has 156 valence electrons. The summed E-state index contributed by atoms with van der Waals surface area (Å²) in [5.41, 5.74) is 7.06. The van der Waals surface area contributed by atoms with Crippen LogP contribution in [-0.2, 0) is 9.59 Å². The summed E-state index contributed by atoms with van der Waals surface area (Å²) in [6, 6.07) is 14.7. The maximum absolute atomic E-state index is 12.9. The third-order valence-corrected chi connectivity index (χ3v) is 4.78. The van der Waals surface area contributed by atoms with E-state index in [-0.39, 0.29) is 49.1 Å². The van der Waals surface area contributed by atoms with Crippen LogP contribution < -0.4 is 10.5 Å². The zero-order valence-corrected chi connectivity index (χ0v) is 16.8. The van der Waals surface area contributed by atoms with Crippen LogP contribution in [0, 0.1) is 5.82 Å². The highest BCUT2D eigenvalue weighted by molar-refractivity contribution is 5.85.